The summed E-state index contributed by atoms with van der Waals surface area (Å²) in [5, 5.41) is 26.4. The minimum Gasteiger partial charge on any atom is -0.408 e. The van der Waals surface area contributed by atoms with Gasteiger partial charge in [-0.1, -0.05) is 39.0 Å². The SMILES string of the molecule is CC(C)(C)[Si](C)(C)OC1[C@@H](CCNC(N)O)O[C@@H](n2cnc3c(NC(=O)c4ccccc4)ncnc32)[C@H]1O. The van der Waals surface area contributed by atoms with E-state index in [9.17, 15) is 15.0 Å². The molecular weight excluding hydrogens is 506 g/mol. The zero-order valence-electron chi connectivity index (χ0n) is 22.3. The number of aromatic nitrogens is 4. The number of rotatable bonds is 9. The maximum absolute atomic E-state index is 12.7. The Morgan fingerprint density at radius 3 is 2.61 bits per heavy atom. The Labute approximate surface area is 222 Å². The molecular formula is C25H37N7O5Si. The third-order valence-electron chi connectivity index (χ3n) is 7.23. The van der Waals surface area contributed by atoms with Crippen molar-refractivity contribution in [1.82, 2.24) is 24.8 Å². The lowest BCUT2D eigenvalue weighted by molar-refractivity contribution is -0.0374. The predicted octanol–water partition coefficient (Wildman–Crippen LogP) is 1.94. The highest BCUT2D eigenvalue weighted by atomic mass is 28.4. The monoisotopic (exact) mass is 543 g/mol. The Morgan fingerprint density at radius 1 is 1.24 bits per heavy atom. The molecule has 1 amide bonds. The maximum atomic E-state index is 12.7. The molecule has 0 aliphatic carbocycles. The lowest BCUT2D eigenvalue weighted by atomic mass is 10.1. The lowest BCUT2D eigenvalue weighted by Crippen LogP contribution is -2.49. The van der Waals surface area contributed by atoms with Crippen LogP contribution >= 0.6 is 0 Å². The number of aliphatic hydroxyl groups excluding tert-OH is 2. The van der Waals surface area contributed by atoms with E-state index in [-0.39, 0.29) is 16.8 Å². The van der Waals surface area contributed by atoms with Crippen LogP contribution in [0.1, 0.15) is 43.8 Å². The molecule has 1 fully saturated rings. The van der Waals surface area contributed by atoms with E-state index in [1.807, 2.05) is 6.07 Å². The first-order valence-corrected chi connectivity index (χ1v) is 15.5. The Kier molecular flexibility index (Phi) is 8.28. The van der Waals surface area contributed by atoms with Gasteiger partial charge in [0, 0.05) is 12.1 Å². The number of nitrogens with one attached hydrogen (secondary N) is 2. The standard InChI is InChI=1S/C25H37N7O5Si/c1-25(2,3)38(4,5)37-19-16(11-12-27-24(26)35)36-23(18(19)33)32-14-30-17-20(28-13-29-21(17)32)31-22(34)15-9-7-6-8-10-15/h6-10,13-14,16,18-19,23-24,27,33,35H,11-12,26H2,1-5H3,(H,28,29,31,34)/t16-,18+,19?,23-,24?/m1/s1. The molecule has 1 aromatic carbocycles. The number of fused-ring (bicyclic) bond motifs is 1. The average Bonchev–Trinajstić information content (AvgIpc) is 3.40. The molecule has 38 heavy (non-hydrogen) atoms. The number of carbonyl (C=O) groups is 1. The lowest BCUT2D eigenvalue weighted by Gasteiger charge is -2.40. The van der Waals surface area contributed by atoms with Crippen LogP contribution in [0.25, 0.3) is 11.2 Å². The molecule has 1 aliphatic heterocycles. The van der Waals surface area contributed by atoms with Gasteiger partial charge >= 0.3 is 0 Å². The van der Waals surface area contributed by atoms with Gasteiger partial charge in [-0.05, 0) is 36.7 Å². The van der Waals surface area contributed by atoms with E-state index >= 15 is 0 Å². The largest absolute Gasteiger partial charge is 0.408 e. The molecule has 13 heteroatoms. The first-order chi connectivity index (χ1) is 17.9. The Bertz CT molecular complexity index is 1250. The van der Waals surface area contributed by atoms with Crippen LogP contribution in [-0.4, -0.2) is 75.2 Å². The van der Waals surface area contributed by atoms with Gasteiger partial charge in [0.1, 0.15) is 18.5 Å². The van der Waals surface area contributed by atoms with Gasteiger partial charge in [0.2, 0.25) is 0 Å². The smallest absolute Gasteiger partial charge is 0.256 e. The molecule has 2 aromatic heterocycles. The summed E-state index contributed by atoms with van der Waals surface area (Å²) >= 11 is 0. The van der Waals surface area contributed by atoms with Crippen molar-refractivity contribution in [2.24, 2.45) is 5.73 Å². The fourth-order valence-corrected chi connectivity index (χ4v) is 5.44. The number of carbonyl (C=O) groups excluding carboxylic acids is 1. The minimum absolute atomic E-state index is 0.0815. The molecule has 0 saturated carbocycles. The Morgan fingerprint density at radius 2 is 1.95 bits per heavy atom. The van der Waals surface area contributed by atoms with Crippen LogP contribution in [0.2, 0.25) is 18.1 Å². The summed E-state index contributed by atoms with van der Waals surface area (Å²) in [4.78, 5) is 25.7. The Balaban J connectivity index is 1.61. The number of nitrogens with two attached hydrogens (primary N) is 1. The molecule has 0 radical (unpaired) electrons. The van der Waals surface area contributed by atoms with E-state index in [1.54, 1.807) is 28.8 Å². The van der Waals surface area contributed by atoms with Gasteiger partial charge in [0.15, 0.2) is 37.9 Å². The summed E-state index contributed by atoms with van der Waals surface area (Å²) < 4.78 is 14.6. The average molecular weight is 544 g/mol. The number of ether oxygens (including phenoxy) is 1. The molecule has 3 aromatic rings. The van der Waals surface area contributed by atoms with Crippen LogP contribution in [0.5, 0.6) is 0 Å². The number of hydrogen-bond acceptors (Lipinski definition) is 10. The normalized spacial score (nSPS) is 23.1. The number of imidazole rings is 1. The van der Waals surface area contributed by atoms with E-state index in [4.69, 9.17) is 14.9 Å². The van der Waals surface area contributed by atoms with Gasteiger partial charge in [-0.15, -0.1) is 0 Å². The molecule has 12 nitrogen and oxygen atoms in total. The second kappa shape index (κ2) is 11.1. The summed E-state index contributed by atoms with van der Waals surface area (Å²) in [6, 6.07) is 8.80. The van der Waals surface area contributed by atoms with Gasteiger partial charge in [-0.3, -0.25) is 20.4 Å². The zero-order chi connectivity index (χ0) is 27.7. The van der Waals surface area contributed by atoms with Gasteiger partial charge in [-0.25, -0.2) is 15.0 Å². The summed E-state index contributed by atoms with van der Waals surface area (Å²) in [7, 11) is -2.27. The molecule has 206 valence electrons. The van der Waals surface area contributed by atoms with E-state index in [0.29, 0.717) is 29.7 Å². The van der Waals surface area contributed by atoms with Crippen LogP contribution in [0.15, 0.2) is 43.0 Å². The molecule has 3 heterocycles. The summed E-state index contributed by atoms with van der Waals surface area (Å²) in [5.74, 6) is -0.0726. The van der Waals surface area contributed by atoms with Gasteiger partial charge in [-0.2, -0.15) is 0 Å². The number of aliphatic hydroxyl groups is 2. The quantitative estimate of drug-likeness (QED) is 0.198. The number of benzene rings is 1. The molecule has 2 unspecified atom stereocenters. The molecule has 1 aliphatic rings. The second-order valence-electron chi connectivity index (χ2n) is 11.0. The first-order valence-electron chi connectivity index (χ1n) is 12.6. The van der Waals surface area contributed by atoms with Crippen LogP contribution in [0.4, 0.5) is 5.82 Å². The number of amides is 1. The minimum atomic E-state index is -2.27. The molecule has 1 saturated heterocycles. The Hall–Kier alpha value is -2.78. The molecule has 6 N–H and O–H groups in total. The fourth-order valence-electron chi connectivity index (χ4n) is 4.12. The highest BCUT2D eigenvalue weighted by molar-refractivity contribution is 6.74. The van der Waals surface area contributed by atoms with Gasteiger partial charge in [0.25, 0.3) is 5.91 Å². The second-order valence-corrected chi connectivity index (χ2v) is 15.7. The van der Waals surface area contributed by atoms with E-state index in [1.165, 1.54) is 12.7 Å². The zero-order valence-corrected chi connectivity index (χ0v) is 23.3. The van der Waals surface area contributed by atoms with Crippen molar-refractivity contribution in [3.05, 3.63) is 48.5 Å². The molecule has 5 atom stereocenters. The topological polar surface area (TPSA) is 170 Å². The van der Waals surface area contributed by atoms with Crippen LogP contribution in [-0.2, 0) is 9.16 Å². The first kappa shape index (κ1) is 28.2. The molecule has 0 spiro atoms. The molecule has 4 rings (SSSR count). The van der Waals surface area contributed by atoms with Crippen molar-refractivity contribution in [1.29, 1.82) is 0 Å². The van der Waals surface area contributed by atoms with Crippen molar-refractivity contribution < 1.29 is 24.2 Å². The fraction of sp³-hybridized carbons (Fsp3) is 0.520. The summed E-state index contributed by atoms with van der Waals surface area (Å²) in [6.45, 7) is 11.0. The van der Waals surface area contributed by atoms with E-state index in [0.717, 1.165) is 0 Å². The van der Waals surface area contributed by atoms with Gasteiger partial charge in [0.05, 0.1) is 12.4 Å². The highest BCUT2D eigenvalue weighted by Gasteiger charge is 2.50. The highest BCUT2D eigenvalue weighted by Crippen LogP contribution is 2.42. The van der Waals surface area contributed by atoms with Gasteiger partial charge < -0.3 is 24.7 Å². The molecule has 0 bridgehead atoms. The van der Waals surface area contributed by atoms with Crippen molar-refractivity contribution in [3.63, 3.8) is 0 Å². The van der Waals surface area contributed by atoms with Crippen molar-refractivity contribution in [3.8, 4) is 0 Å². The van der Waals surface area contributed by atoms with E-state index < -0.39 is 39.2 Å². The van der Waals surface area contributed by atoms with Crippen molar-refractivity contribution in [2.75, 3.05) is 11.9 Å². The van der Waals surface area contributed by atoms with Crippen LogP contribution in [0.3, 0.4) is 0 Å². The van der Waals surface area contributed by atoms with E-state index in [2.05, 4.69) is 59.5 Å². The van der Waals surface area contributed by atoms with Crippen molar-refractivity contribution >= 4 is 31.2 Å². The summed E-state index contributed by atoms with van der Waals surface area (Å²) in [6.07, 6.45) is -0.824. The van der Waals surface area contributed by atoms with Crippen LogP contribution in [0, 0.1) is 0 Å². The predicted molar refractivity (Wildman–Crippen MR) is 145 cm³/mol. The number of anilines is 1. The number of hydrogen-bond donors (Lipinski definition) is 5. The van der Waals surface area contributed by atoms with Crippen molar-refractivity contribution in [2.45, 2.75) is 76.2 Å². The number of nitrogens with zero attached hydrogens (tertiary/aromatic N) is 4. The third kappa shape index (κ3) is 5.94. The summed E-state index contributed by atoms with van der Waals surface area (Å²) in [5.41, 5.74) is 6.67. The third-order valence-corrected chi connectivity index (χ3v) is 11.7. The van der Waals surface area contributed by atoms with Crippen LogP contribution < -0.4 is 16.4 Å². The maximum Gasteiger partial charge on any atom is 0.256 e.